The topological polar surface area (TPSA) is 41.6 Å². The molecule has 2 fully saturated rings. The summed E-state index contributed by atoms with van der Waals surface area (Å²) in [6.07, 6.45) is 1.32. The first-order chi connectivity index (χ1) is 14.5. The predicted molar refractivity (Wildman–Crippen MR) is 106 cm³/mol. The van der Waals surface area contributed by atoms with E-state index in [-0.39, 0.29) is 29.6 Å². The van der Waals surface area contributed by atoms with Crippen LogP contribution in [-0.2, 0) is 16.1 Å². The number of nitrogens with one attached hydrogen (secondary N) is 1. The van der Waals surface area contributed by atoms with E-state index in [4.69, 9.17) is 4.74 Å². The molecule has 1 amide bonds. The molecule has 3 atom stereocenters. The van der Waals surface area contributed by atoms with Crippen molar-refractivity contribution >= 4 is 5.91 Å². The third-order valence-corrected chi connectivity index (χ3v) is 6.02. The molecule has 160 valence electrons. The van der Waals surface area contributed by atoms with E-state index in [0.29, 0.717) is 51.3 Å². The van der Waals surface area contributed by atoms with Gasteiger partial charge in [0.25, 0.3) is 0 Å². The van der Waals surface area contributed by atoms with Crippen LogP contribution in [0.5, 0.6) is 0 Å². The van der Waals surface area contributed by atoms with Crippen molar-refractivity contribution in [1.82, 2.24) is 10.2 Å². The Morgan fingerprint density at radius 2 is 1.63 bits per heavy atom. The maximum atomic E-state index is 13.5. The van der Waals surface area contributed by atoms with Crippen LogP contribution >= 0.6 is 0 Å². The lowest BCUT2D eigenvalue weighted by atomic mass is 9.88. The Bertz CT molecular complexity index is 864. The van der Waals surface area contributed by atoms with Crippen LogP contribution in [0.25, 0.3) is 0 Å². The number of hydrogen-bond acceptors (Lipinski definition) is 3. The minimum atomic E-state index is -0.609. The number of nitrogens with zero attached hydrogens (tertiary/aromatic N) is 1. The maximum Gasteiger partial charge on any atom is 0.226 e. The van der Waals surface area contributed by atoms with Crippen molar-refractivity contribution in [3.05, 3.63) is 71.0 Å². The van der Waals surface area contributed by atoms with Crippen LogP contribution in [0.4, 0.5) is 13.2 Å². The predicted octanol–water partition coefficient (Wildman–Crippen LogP) is 3.61. The van der Waals surface area contributed by atoms with Gasteiger partial charge in [-0.2, -0.15) is 0 Å². The van der Waals surface area contributed by atoms with Gasteiger partial charge < -0.3 is 15.0 Å². The van der Waals surface area contributed by atoms with Gasteiger partial charge in [0.2, 0.25) is 5.91 Å². The third kappa shape index (κ3) is 4.84. The number of halogens is 3. The van der Waals surface area contributed by atoms with E-state index in [1.807, 2.05) is 4.90 Å². The van der Waals surface area contributed by atoms with Gasteiger partial charge >= 0.3 is 0 Å². The summed E-state index contributed by atoms with van der Waals surface area (Å²) in [4.78, 5) is 15.1. The number of carbonyl (C=O) groups is 1. The minimum absolute atomic E-state index is 0.0152. The van der Waals surface area contributed by atoms with Gasteiger partial charge in [0.15, 0.2) is 0 Å². The summed E-state index contributed by atoms with van der Waals surface area (Å²) < 4.78 is 45.7. The molecule has 2 aromatic carbocycles. The van der Waals surface area contributed by atoms with Gasteiger partial charge in [0.05, 0.1) is 13.2 Å². The SMILES string of the molecule is O=C([C@H]1C[C@@H](NCc2cc(F)cc(F)c2)C[C@@H]1c1ccc(F)cc1)N1CCOCC1. The Labute approximate surface area is 174 Å². The number of hydrogen-bond donors (Lipinski definition) is 1. The second-order valence-corrected chi connectivity index (χ2v) is 8.03. The van der Waals surface area contributed by atoms with Crippen molar-refractivity contribution in [3.63, 3.8) is 0 Å². The number of rotatable bonds is 5. The zero-order valence-corrected chi connectivity index (χ0v) is 16.6. The van der Waals surface area contributed by atoms with Crippen LogP contribution < -0.4 is 5.32 Å². The van der Waals surface area contributed by atoms with Crippen molar-refractivity contribution in [2.75, 3.05) is 26.3 Å². The van der Waals surface area contributed by atoms with Crippen LogP contribution in [0, 0.1) is 23.4 Å². The molecule has 1 heterocycles. The Morgan fingerprint density at radius 1 is 0.967 bits per heavy atom. The average molecular weight is 418 g/mol. The lowest BCUT2D eigenvalue weighted by molar-refractivity contribution is -0.140. The summed E-state index contributed by atoms with van der Waals surface area (Å²) in [5.74, 6) is -1.70. The van der Waals surface area contributed by atoms with Gasteiger partial charge in [-0.05, 0) is 54.2 Å². The second kappa shape index (κ2) is 9.18. The van der Waals surface area contributed by atoms with Crippen molar-refractivity contribution in [2.45, 2.75) is 31.3 Å². The van der Waals surface area contributed by atoms with Crippen molar-refractivity contribution in [2.24, 2.45) is 5.92 Å². The molecule has 7 heteroatoms. The fourth-order valence-electron chi connectivity index (χ4n) is 4.55. The molecule has 4 rings (SSSR count). The molecule has 0 spiro atoms. The molecule has 1 saturated heterocycles. The standard InChI is InChI=1S/C23H25F3N2O2/c24-17-3-1-16(2-4-17)21-12-20(27-14-15-9-18(25)11-19(26)10-15)13-22(21)23(29)28-5-7-30-8-6-28/h1-4,9-11,20-22,27H,5-8,12-14H2/t20-,21+,22-/m0/s1. The number of benzene rings is 2. The molecule has 30 heavy (non-hydrogen) atoms. The van der Waals surface area contributed by atoms with Gasteiger partial charge in [-0.15, -0.1) is 0 Å². The summed E-state index contributed by atoms with van der Waals surface area (Å²) in [5, 5.41) is 3.35. The molecule has 2 aliphatic rings. The smallest absolute Gasteiger partial charge is 0.226 e. The number of morpholine rings is 1. The Hall–Kier alpha value is -2.38. The van der Waals surface area contributed by atoms with Gasteiger partial charge in [-0.3, -0.25) is 4.79 Å². The molecular formula is C23H25F3N2O2. The molecule has 0 unspecified atom stereocenters. The highest BCUT2D eigenvalue weighted by Crippen LogP contribution is 2.41. The maximum absolute atomic E-state index is 13.5. The number of ether oxygens (including phenoxy) is 1. The summed E-state index contributed by atoms with van der Waals surface area (Å²) in [5.41, 5.74) is 1.46. The molecule has 1 aliphatic carbocycles. The first kappa shape index (κ1) is 20.9. The van der Waals surface area contributed by atoms with E-state index in [2.05, 4.69) is 5.32 Å². The zero-order valence-electron chi connectivity index (χ0n) is 16.6. The molecule has 1 aliphatic heterocycles. The number of carbonyl (C=O) groups excluding carboxylic acids is 1. The fourth-order valence-corrected chi connectivity index (χ4v) is 4.55. The molecular weight excluding hydrogens is 393 g/mol. The highest BCUT2D eigenvalue weighted by atomic mass is 19.1. The molecule has 2 aromatic rings. The average Bonchev–Trinajstić information content (AvgIpc) is 3.16. The Morgan fingerprint density at radius 3 is 2.30 bits per heavy atom. The monoisotopic (exact) mass is 418 g/mol. The van der Waals surface area contributed by atoms with Gasteiger partial charge in [-0.1, -0.05) is 12.1 Å². The quantitative estimate of drug-likeness (QED) is 0.807. The molecule has 0 aromatic heterocycles. The molecule has 0 radical (unpaired) electrons. The summed E-state index contributed by atoms with van der Waals surface area (Å²) in [6.45, 7) is 2.53. The normalized spacial score (nSPS) is 24.2. The van der Waals surface area contributed by atoms with Crippen LogP contribution in [0.15, 0.2) is 42.5 Å². The van der Waals surface area contributed by atoms with E-state index in [1.165, 1.54) is 24.3 Å². The lowest BCUT2D eigenvalue weighted by Crippen LogP contribution is -2.44. The highest BCUT2D eigenvalue weighted by Gasteiger charge is 2.41. The Balaban J connectivity index is 1.49. The van der Waals surface area contributed by atoms with Crippen molar-refractivity contribution < 1.29 is 22.7 Å². The van der Waals surface area contributed by atoms with Crippen LogP contribution in [0.1, 0.15) is 29.9 Å². The van der Waals surface area contributed by atoms with Crippen LogP contribution in [-0.4, -0.2) is 43.2 Å². The van der Waals surface area contributed by atoms with E-state index in [0.717, 1.165) is 11.6 Å². The van der Waals surface area contributed by atoms with Crippen molar-refractivity contribution in [3.8, 4) is 0 Å². The van der Waals surface area contributed by atoms with Gasteiger partial charge in [0, 0.05) is 37.7 Å². The zero-order chi connectivity index (χ0) is 21.1. The summed E-state index contributed by atoms with van der Waals surface area (Å²) >= 11 is 0. The lowest BCUT2D eigenvalue weighted by Gasteiger charge is -2.31. The first-order valence-electron chi connectivity index (χ1n) is 10.3. The van der Waals surface area contributed by atoms with E-state index in [1.54, 1.807) is 12.1 Å². The molecule has 1 saturated carbocycles. The van der Waals surface area contributed by atoms with E-state index < -0.39 is 11.6 Å². The Kier molecular flexibility index (Phi) is 6.39. The van der Waals surface area contributed by atoms with Gasteiger partial charge in [0.1, 0.15) is 17.5 Å². The van der Waals surface area contributed by atoms with Crippen molar-refractivity contribution in [1.29, 1.82) is 0 Å². The second-order valence-electron chi connectivity index (χ2n) is 8.03. The largest absolute Gasteiger partial charge is 0.378 e. The van der Waals surface area contributed by atoms with Crippen LogP contribution in [0.3, 0.4) is 0 Å². The molecule has 1 N–H and O–H groups in total. The van der Waals surface area contributed by atoms with Gasteiger partial charge in [-0.25, -0.2) is 13.2 Å². The third-order valence-electron chi connectivity index (χ3n) is 6.02. The summed E-state index contributed by atoms with van der Waals surface area (Å²) in [7, 11) is 0. The first-order valence-corrected chi connectivity index (χ1v) is 10.3. The van der Waals surface area contributed by atoms with Crippen LogP contribution in [0.2, 0.25) is 0 Å². The number of amides is 1. The molecule has 4 nitrogen and oxygen atoms in total. The van der Waals surface area contributed by atoms with E-state index >= 15 is 0 Å². The minimum Gasteiger partial charge on any atom is -0.378 e. The fraction of sp³-hybridized carbons (Fsp3) is 0.435. The highest BCUT2D eigenvalue weighted by molar-refractivity contribution is 5.80. The molecule has 0 bridgehead atoms. The summed E-state index contributed by atoms with van der Waals surface area (Å²) in [6, 6.07) is 9.79. The van der Waals surface area contributed by atoms with E-state index in [9.17, 15) is 18.0 Å².